The highest BCUT2D eigenvalue weighted by atomic mass is 35.5. The number of hydrogen-bond acceptors (Lipinski definition) is 11. The van der Waals surface area contributed by atoms with Crippen LogP contribution in [0.3, 0.4) is 0 Å². The smallest absolute Gasteiger partial charge is 0.247 e. The summed E-state index contributed by atoms with van der Waals surface area (Å²) in [6.45, 7) is 9.84. The first kappa shape index (κ1) is 48.5. The number of anilines is 2. The van der Waals surface area contributed by atoms with Gasteiger partial charge in [0.15, 0.2) is 0 Å². The molecule has 2 fully saturated rings. The first-order valence-corrected chi connectivity index (χ1v) is 23.9. The fraction of sp³-hybridized carbons (Fsp3) is 0.320. The van der Waals surface area contributed by atoms with Gasteiger partial charge in [-0.05, 0) is 98.0 Å². The zero-order valence-electron chi connectivity index (χ0n) is 37.9. The lowest BCUT2D eigenvalue weighted by molar-refractivity contribution is -0.153. The topological polar surface area (TPSA) is 185 Å². The fourth-order valence-electron chi connectivity index (χ4n) is 8.54. The number of nitrogens with two attached hydrogens (primary N) is 2. The average Bonchev–Trinajstić information content (AvgIpc) is 3.74. The number of fused-ring (bicyclic) bond motifs is 2. The number of amides is 4. The highest BCUT2D eigenvalue weighted by molar-refractivity contribution is 7.11. The van der Waals surface area contributed by atoms with E-state index in [0.717, 1.165) is 56.2 Å². The standard InChI is InChI=1S/C26H28ClN5O2.C24H26ClN5O2S/c1-3-5-23-26(34)31(15-19-8-10-21-22(13-19)29-16-30-25(21)28)17(2)14-32(23)24(33)11-9-18-6-4-7-20(27)12-18;1-3-4-21-24(32)29(12-16-5-7-19-20(9-16)27-14-28-23(19)26)15(2)11-30(21)22(31)8-6-18-10-17(25)13-33-18/h4,6-13,16-17,23H,3,5,14-15H2,1-2H3,(H2,28,29,30);5-10,13-15,21H,3-4,11-12H2,1-2H3,(H2,26,27,28)/t17-,23+;15-,21+/m11/s1. The molecule has 4 amide bonds. The summed E-state index contributed by atoms with van der Waals surface area (Å²) in [5, 5.41) is 4.66. The van der Waals surface area contributed by atoms with E-state index in [1.807, 2.05) is 97.5 Å². The highest BCUT2D eigenvalue weighted by Gasteiger charge is 2.41. The molecule has 8 rings (SSSR count). The zero-order valence-corrected chi connectivity index (χ0v) is 40.2. The molecule has 5 heterocycles. The summed E-state index contributed by atoms with van der Waals surface area (Å²) in [6.07, 6.45) is 12.3. The highest BCUT2D eigenvalue weighted by Crippen LogP contribution is 2.28. The lowest BCUT2D eigenvalue weighted by Crippen LogP contribution is -2.61. The molecule has 2 aliphatic rings. The first-order valence-electron chi connectivity index (χ1n) is 22.3. The molecule has 67 heavy (non-hydrogen) atoms. The zero-order chi connectivity index (χ0) is 47.8. The van der Waals surface area contributed by atoms with Crippen molar-refractivity contribution in [2.45, 2.75) is 90.6 Å². The van der Waals surface area contributed by atoms with Crippen LogP contribution in [0.15, 0.2) is 96.9 Å². The van der Waals surface area contributed by atoms with Crippen LogP contribution in [-0.2, 0) is 32.3 Å². The molecule has 4 N–H and O–H groups in total. The molecule has 6 aromatic rings. The van der Waals surface area contributed by atoms with E-state index in [0.29, 0.717) is 60.7 Å². The van der Waals surface area contributed by atoms with Gasteiger partial charge in [0.1, 0.15) is 36.4 Å². The maximum Gasteiger partial charge on any atom is 0.247 e. The molecule has 4 atom stereocenters. The maximum absolute atomic E-state index is 13.5. The Morgan fingerprint density at radius 1 is 0.687 bits per heavy atom. The molecule has 348 valence electrons. The number of halogens is 2. The van der Waals surface area contributed by atoms with Gasteiger partial charge in [-0.25, -0.2) is 19.9 Å². The van der Waals surface area contributed by atoms with Crippen LogP contribution >= 0.6 is 34.5 Å². The molecule has 2 aliphatic heterocycles. The first-order chi connectivity index (χ1) is 32.2. The van der Waals surface area contributed by atoms with Crippen LogP contribution in [0.4, 0.5) is 11.6 Å². The van der Waals surface area contributed by atoms with Crippen LogP contribution in [0, 0.1) is 0 Å². The number of aromatic nitrogens is 4. The number of nitrogen functional groups attached to an aromatic ring is 2. The molecule has 17 heteroatoms. The van der Waals surface area contributed by atoms with Crippen LogP contribution < -0.4 is 11.5 Å². The molecule has 14 nitrogen and oxygen atoms in total. The van der Waals surface area contributed by atoms with Crippen molar-refractivity contribution in [2.24, 2.45) is 0 Å². The van der Waals surface area contributed by atoms with E-state index < -0.39 is 12.1 Å². The Balaban J connectivity index is 0.000000199. The largest absolute Gasteiger partial charge is 0.383 e. The molecule has 0 bridgehead atoms. The minimum atomic E-state index is -0.490. The van der Waals surface area contributed by atoms with Gasteiger partial charge in [0.05, 0.1) is 16.1 Å². The quantitative estimate of drug-likeness (QED) is 0.113. The summed E-state index contributed by atoms with van der Waals surface area (Å²) < 4.78 is 0. The van der Waals surface area contributed by atoms with Crippen molar-refractivity contribution in [3.8, 4) is 0 Å². The summed E-state index contributed by atoms with van der Waals surface area (Å²) in [5.41, 5.74) is 16.1. The van der Waals surface area contributed by atoms with Crippen molar-refractivity contribution in [1.82, 2.24) is 39.5 Å². The minimum absolute atomic E-state index is 0.0289. The Morgan fingerprint density at radius 3 is 1.66 bits per heavy atom. The molecular weight excluding hydrogens is 908 g/mol. The van der Waals surface area contributed by atoms with Gasteiger partial charge in [0.2, 0.25) is 23.6 Å². The maximum atomic E-state index is 13.5. The number of hydrogen-bond donors (Lipinski definition) is 2. The lowest BCUT2D eigenvalue weighted by Gasteiger charge is -2.44. The fourth-order valence-corrected chi connectivity index (χ4v) is 9.71. The van der Waals surface area contributed by atoms with Gasteiger partial charge in [-0.2, -0.15) is 0 Å². The lowest BCUT2D eigenvalue weighted by atomic mass is 10.0. The molecular formula is C50H54Cl2N10O4S. The molecule has 2 saturated heterocycles. The summed E-state index contributed by atoms with van der Waals surface area (Å²) in [4.78, 5) is 77.8. The molecule has 0 aliphatic carbocycles. The molecule has 3 aromatic carbocycles. The van der Waals surface area contributed by atoms with E-state index >= 15 is 0 Å². The third-order valence-electron chi connectivity index (χ3n) is 12.0. The predicted octanol–water partition coefficient (Wildman–Crippen LogP) is 8.68. The van der Waals surface area contributed by atoms with E-state index in [2.05, 4.69) is 19.9 Å². The van der Waals surface area contributed by atoms with Crippen molar-refractivity contribution < 1.29 is 19.2 Å². The Morgan fingerprint density at radius 2 is 1.19 bits per heavy atom. The van der Waals surface area contributed by atoms with Crippen LogP contribution in [0.5, 0.6) is 0 Å². The van der Waals surface area contributed by atoms with Gasteiger partial charge in [-0.3, -0.25) is 19.2 Å². The normalized spacial score (nSPS) is 18.9. The SMILES string of the molecule is CCC[C@H]1C(=O)N(Cc2ccc3c(N)ncnc3c2)[C@H](C)CN1C(=O)C=Cc1cc(Cl)cs1.CCC[C@H]1C(=O)N(Cc2ccc3c(N)ncnc3c2)[C@H](C)CN1C(=O)C=Cc1cccc(Cl)c1. The molecule has 0 unspecified atom stereocenters. The van der Waals surface area contributed by atoms with Gasteiger partial charge in [0.25, 0.3) is 0 Å². The van der Waals surface area contributed by atoms with E-state index in [-0.39, 0.29) is 35.7 Å². The van der Waals surface area contributed by atoms with Crippen LogP contribution in [0.1, 0.15) is 74.9 Å². The van der Waals surface area contributed by atoms with E-state index in [1.54, 1.807) is 34.1 Å². The third kappa shape index (κ3) is 11.6. The monoisotopic (exact) mass is 960 g/mol. The van der Waals surface area contributed by atoms with Crippen molar-refractivity contribution in [3.63, 3.8) is 0 Å². The van der Waals surface area contributed by atoms with E-state index in [1.165, 1.54) is 36.1 Å². The Labute approximate surface area is 404 Å². The second-order valence-corrected chi connectivity index (χ2v) is 18.6. The number of carbonyl (C=O) groups excluding carboxylic acids is 4. The number of benzene rings is 3. The Kier molecular flexibility index (Phi) is 15.9. The number of thiophene rings is 1. The van der Waals surface area contributed by atoms with E-state index in [4.69, 9.17) is 34.7 Å². The van der Waals surface area contributed by atoms with Crippen molar-refractivity contribution in [2.75, 3.05) is 24.6 Å². The molecule has 0 radical (unpaired) electrons. The van der Waals surface area contributed by atoms with Gasteiger partial charge < -0.3 is 31.1 Å². The number of carbonyl (C=O) groups is 4. The number of rotatable bonds is 12. The second-order valence-electron chi connectivity index (χ2n) is 16.8. The Bertz CT molecular complexity index is 2840. The van der Waals surface area contributed by atoms with Crippen LogP contribution in [0.25, 0.3) is 34.0 Å². The molecule has 3 aromatic heterocycles. The van der Waals surface area contributed by atoms with Gasteiger partial charge in [-0.15, -0.1) is 11.3 Å². The summed E-state index contributed by atoms with van der Waals surface area (Å²) in [5.74, 6) is 0.476. The third-order valence-corrected chi connectivity index (χ3v) is 13.5. The second kappa shape index (κ2) is 21.9. The summed E-state index contributed by atoms with van der Waals surface area (Å²) >= 11 is 13.5. The minimum Gasteiger partial charge on any atom is -0.383 e. The van der Waals surface area contributed by atoms with E-state index in [9.17, 15) is 19.2 Å². The van der Waals surface area contributed by atoms with Crippen molar-refractivity contribution in [3.05, 3.63) is 129 Å². The van der Waals surface area contributed by atoms with Gasteiger partial charge >= 0.3 is 0 Å². The molecule has 0 spiro atoms. The van der Waals surface area contributed by atoms with Gasteiger partial charge in [-0.1, -0.05) is 74.2 Å². The van der Waals surface area contributed by atoms with Crippen LogP contribution in [0.2, 0.25) is 10.0 Å². The molecule has 0 saturated carbocycles. The van der Waals surface area contributed by atoms with Crippen molar-refractivity contribution in [1.29, 1.82) is 0 Å². The Hall–Kier alpha value is -6.42. The summed E-state index contributed by atoms with van der Waals surface area (Å²) in [7, 11) is 0. The van der Waals surface area contributed by atoms with Crippen LogP contribution in [-0.4, -0.2) is 100 Å². The number of nitrogens with zero attached hydrogens (tertiary/aromatic N) is 8. The van der Waals surface area contributed by atoms with Crippen molar-refractivity contribution >= 4 is 104 Å². The van der Waals surface area contributed by atoms with Gasteiger partial charge in [0, 0.05) is 76.5 Å². The predicted molar refractivity (Wildman–Crippen MR) is 268 cm³/mol. The average molecular weight is 962 g/mol. The summed E-state index contributed by atoms with van der Waals surface area (Å²) in [6, 6.07) is 19.4. The number of piperazine rings is 2.